The Morgan fingerprint density at radius 1 is 1.44 bits per heavy atom. The molecule has 0 aliphatic heterocycles. The molecule has 0 radical (unpaired) electrons. The Kier molecular flexibility index (Phi) is 6.60. The quantitative estimate of drug-likeness (QED) is 0.685. The number of amides is 1. The molecule has 0 aromatic carbocycles. The van der Waals surface area contributed by atoms with E-state index in [0.29, 0.717) is 19.5 Å². The van der Waals surface area contributed by atoms with Crippen molar-refractivity contribution in [3.05, 3.63) is 0 Å². The van der Waals surface area contributed by atoms with Crippen LogP contribution in [0.2, 0.25) is 0 Å². The van der Waals surface area contributed by atoms with Crippen LogP contribution >= 0.6 is 0 Å². The fourth-order valence-electron chi connectivity index (χ4n) is 1.82. The Bertz CT molecular complexity index is 205. The van der Waals surface area contributed by atoms with Gasteiger partial charge in [-0.3, -0.25) is 4.79 Å². The third kappa shape index (κ3) is 3.76. The summed E-state index contributed by atoms with van der Waals surface area (Å²) in [4.78, 5) is 13.9. The van der Waals surface area contributed by atoms with Gasteiger partial charge in [0.15, 0.2) is 0 Å². The molecule has 1 atom stereocenters. The second kappa shape index (κ2) is 6.86. The van der Waals surface area contributed by atoms with E-state index < -0.39 is 5.41 Å². The molecule has 0 saturated heterocycles. The lowest BCUT2D eigenvalue weighted by atomic mass is 9.81. The molecule has 0 heterocycles. The fourth-order valence-corrected chi connectivity index (χ4v) is 1.82. The maximum absolute atomic E-state index is 12.2. The first-order chi connectivity index (χ1) is 7.43. The van der Waals surface area contributed by atoms with Gasteiger partial charge in [0.1, 0.15) is 0 Å². The van der Waals surface area contributed by atoms with Crippen LogP contribution in [-0.4, -0.2) is 42.2 Å². The fraction of sp³-hybridized carbons (Fsp3) is 0.917. The van der Waals surface area contributed by atoms with E-state index in [1.165, 1.54) is 0 Å². The molecule has 0 aromatic heterocycles. The average molecular weight is 230 g/mol. The Balaban J connectivity index is 4.49. The minimum Gasteiger partial charge on any atom is -0.393 e. The SMILES string of the molecule is CCC(CC)(CN)C(=O)N(C)CCC(C)O. The smallest absolute Gasteiger partial charge is 0.229 e. The minimum atomic E-state index is -0.423. The summed E-state index contributed by atoms with van der Waals surface area (Å²) in [7, 11) is 1.78. The summed E-state index contributed by atoms with van der Waals surface area (Å²) in [5.41, 5.74) is 5.30. The molecular weight excluding hydrogens is 204 g/mol. The van der Waals surface area contributed by atoms with Crippen molar-refractivity contribution in [1.29, 1.82) is 0 Å². The van der Waals surface area contributed by atoms with Crippen molar-refractivity contribution in [2.75, 3.05) is 20.1 Å². The van der Waals surface area contributed by atoms with Gasteiger partial charge in [-0.1, -0.05) is 13.8 Å². The monoisotopic (exact) mass is 230 g/mol. The first-order valence-corrected chi connectivity index (χ1v) is 6.07. The van der Waals surface area contributed by atoms with Gasteiger partial charge in [0.25, 0.3) is 0 Å². The lowest BCUT2D eigenvalue weighted by Crippen LogP contribution is -2.46. The van der Waals surface area contributed by atoms with Gasteiger partial charge >= 0.3 is 0 Å². The molecular formula is C12H26N2O2. The molecule has 1 amide bonds. The van der Waals surface area contributed by atoms with Crippen LogP contribution in [0.1, 0.15) is 40.0 Å². The van der Waals surface area contributed by atoms with Crippen molar-refractivity contribution in [2.45, 2.75) is 46.1 Å². The highest BCUT2D eigenvalue weighted by molar-refractivity contribution is 5.82. The van der Waals surface area contributed by atoms with Crippen LogP contribution in [0.15, 0.2) is 0 Å². The predicted octanol–water partition coefficient (Wildman–Crippen LogP) is 0.981. The van der Waals surface area contributed by atoms with E-state index in [1.54, 1.807) is 18.9 Å². The van der Waals surface area contributed by atoms with E-state index in [2.05, 4.69) is 0 Å². The zero-order valence-electron chi connectivity index (χ0n) is 11.0. The summed E-state index contributed by atoms with van der Waals surface area (Å²) in [6.07, 6.45) is 1.76. The summed E-state index contributed by atoms with van der Waals surface area (Å²) in [6.45, 7) is 6.69. The summed E-state index contributed by atoms with van der Waals surface area (Å²) >= 11 is 0. The van der Waals surface area contributed by atoms with Crippen molar-refractivity contribution < 1.29 is 9.90 Å². The van der Waals surface area contributed by atoms with Gasteiger partial charge in [0.2, 0.25) is 5.91 Å². The zero-order chi connectivity index (χ0) is 12.8. The van der Waals surface area contributed by atoms with Crippen LogP contribution in [0.5, 0.6) is 0 Å². The summed E-state index contributed by atoms with van der Waals surface area (Å²) < 4.78 is 0. The number of hydrogen-bond acceptors (Lipinski definition) is 3. The highest BCUT2D eigenvalue weighted by atomic mass is 16.3. The van der Waals surface area contributed by atoms with E-state index >= 15 is 0 Å². The third-order valence-corrected chi connectivity index (χ3v) is 3.43. The number of rotatable bonds is 7. The maximum atomic E-state index is 12.2. The van der Waals surface area contributed by atoms with Gasteiger partial charge in [-0.25, -0.2) is 0 Å². The summed E-state index contributed by atoms with van der Waals surface area (Å²) in [6, 6.07) is 0. The highest BCUT2D eigenvalue weighted by Gasteiger charge is 2.35. The van der Waals surface area contributed by atoms with Crippen LogP contribution in [0.25, 0.3) is 0 Å². The molecule has 0 fully saturated rings. The summed E-state index contributed by atoms with van der Waals surface area (Å²) in [5, 5.41) is 9.19. The molecule has 16 heavy (non-hydrogen) atoms. The third-order valence-electron chi connectivity index (χ3n) is 3.43. The van der Waals surface area contributed by atoms with Gasteiger partial charge in [0.05, 0.1) is 11.5 Å². The molecule has 0 saturated carbocycles. The topological polar surface area (TPSA) is 66.6 Å². The lowest BCUT2D eigenvalue weighted by Gasteiger charge is -2.33. The van der Waals surface area contributed by atoms with Gasteiger partial charge in [-0.15, -0.1) is 0 Å². The summed E-state index contributed by atoms with van der Waals surface area (Å²) in [5.74, 6) is 0.0978. The molecule has 0 aromatic rings. The minimum absolute atomic E-state index is 0.0978. The average Bonchev–Trinajstić information content (AvgIpc) is 2.28. The largest absolute Gasteiger partial charge is 0.393 e. The molecule has 0 rings (SSSR count). The number of nitrogens with zero attached hydrogens (tertiary/aromatic N) is 1. The van der Waals surface area contributed by atoms with Crippen molar-refractivity contribution in [1.82, 2.24) is 4.90 Å². The van der Waals surface area contributed by atoms with Crippen LogP contribution in [0, 0.1) is 5.41 Å². The first kappa shape index (κ1) is 15.4. The number of carbonyl (C=O) groups excluding carboxylic acids is 1. The number of hydrogen-bond donors (Lipinski definition) is 2. The van der Waals surface area contributed by atoms with Crippen molar-refractivity contribution in [3.8, 4) is 0 Å². The van der Waals surface area contributed by atoms with Crippen molar-refractivity contribution >= 4 is 5.91 Å². The van der Waals surface area contributed by atoms with E-state index in [4.69, 9.17) is 5.73 Å². The first-order valence-electron chi connectivity index (χ1n) is 6.07. The van der Waals surface area contributed by atoms with Gasteiger partial charge in [-0.2, -0.15) is 0 Å². The second-order valence-electron chi connectivity index (χ2n) is 4.56. The zero-order valence-corrected chi connectivity index (χ0v) is 11.0. The molecule has 0 spiro atoms. The van der Waals surface area contributed by atoms with E-state index in [9.17, 15) is 9.90 Å². The number of aliphatic hydroxyl groups is 1. The standard InChI is InChI=1S/C12H26N2O2/c1-5-12(6-2,9-13)11(16)14(4)8-7-10(3)15/h10,15H,5-9,13H2,1-4H3. The number of carbonyl (C=O) groups is 1. The molecule has 4 nitrogen and oxygen atoms in total. The maximum Gasteiger partial charge on any atom is 0.229 e. The van der Waals surface area contributed by atoms with Crippen molar-refractivity contribution in [3.63, 3.8) is 0 Å². The van der Waals surface area contributed by atoms with Crippen LogP contribution in [0.3, 0.4) is 0 Å². The second-order valence-corrected chi connectivity index (χ2v) is 4.56. The van der Waals surface area contributed by atoms with Gasteiger partial charge in [-0.05, 0) is 26.2 Å². The molecule has 0 bridgehead atoms. The Labute approximate surface area is 98.8 Å². The number of aliphatic hydroxyl groups excluding tert-OH is 1. The Morgan fingerprint density at radius 2 is 1.94 bits per heavy atom. The van der Waals surface area contributed by atoms with Crippen LogP contribution in [0.4, 0.5) is 0 Å². The normalized spacial score (nSPS) is 13.6. The molecule has 3 N–H and O–H groups in total. The van der Waals surface area contributed by atoms with Crippen LogP contribution < -0.4 is 5.73 Å². The van der Waals surface area contributed by atoms with E-state index in [-0.39, 0.29) is 12.0 Å². The van der Waals surface area contributed by atoms with Crippen molar-refractivity contribution in [2.24, 2.45) is 11.1 Å². The predicted molar refractivity (Wildman–Crippen MR) is 66.0 cm³/mol. The van der Waals surface area contributed by atoms with Gasteiger partial charge in [0, 0.05) is 20.1 Å². The molecule has 4 heteroatoms. The molecule has 0 aliphatic rings. The van der Waals surface area contributed by atoms with Crippen LogP contribution in [-0.2, 0) is 4.79 Å². The number of nitrogens with two attached hydrogens (primary N) is 1. The van der Waals surface area contributed by atoms with E-state index in [1.807, 2.05) is 13.8 Å². The lowest BCUT2D eigenvalue weighted by molar-refractivity contribution is -0.141. The Morgan fingerprint density at radius 3 is 2.25 bits per heavy atom. The highest BCUT2D eigenvalue weighted by Crippen LogP contribution is 2.27. The Hall–Kier alpha value is -0.610. The van der Waals surface area contributed by atoms with E-state index in [0.717, 1.165) is 12.8 Å². The molecule has 96 valence electrons. The van der Waals surface area contributed by atoms with Gasteiger partial charge < -0.3 is 15.7 Å². The molecule has 1 unspecified atom stereocenters. The molecule has 0 aliphatic carbocycles.